The Bertz CT molecular complexity index is 2260. The third kappa shape index (κ3) is 27.3. The highest BCUT2D eigenvalue weighted by Crippen LogP contribution is 2.24. The second-order valence-corrected chi connectivity index (χ2v) is 23.0. The van der Waals surface area contributed by atoms with Gasteiger partial charge in [-0.25, -0.2) is 0 Å². The third-order valence-corrected chi connectivity index (χ3v) is 10.5. The van der Waals surface area contributed by atoms with Crippen LogP contribution in [0.4, 0.5) is 13.2 Å². The lowest BCUT2D eigenvalue weighted by Crippen LogP contribution is -2.62. The number of hydrogen-bond acceptors (Lipinski definition) is 14. The lowest BCUT2D eigenvalue weighted by molar-refractivity contribution is -0.158. The van der Waals surface area contributed by atoms with E-state index in [1.165, 1.54) is 0 Å². The van der Waals surface area contributed by atoms with Crippen LogP contribution < -0.4 is 37.6 Å². The maximum atomic E-state index is 14.6. The van der Waals surface area contributed by atoms with Crippen LogP contribution in [0.1, 0.15) is 153 Å². The average molecular weight is 1080 g/mol. The number of benzene rings is 1. The molecule has 8 N–H and O–H groups in total. The summed E-state index contributed by atoms with van der Waals surface area (Å²) in [5.41, 5.74) is 2.12. The number of esters is 3. The number of amides is 7. The molecule has 0 aromatic heterocycles. The molecule has 0 saturated carbocycles. The summed E-state index contributed by atoms with van der Waals surface area (Å²) in [4.78, 5) is 147. The maximum Gasteiger partial charge on any atom is 0.391 e. The van der Waals surface area contributed by atoms with E-state index in [4.69, 9.17) is 19.9 Å². The van der Waals surface area contributed by atoms with Crippen LogP contribution in [0.5, 0.6) is 0 Å². The summed E-state index contributed by atoms with van der Waals surface area (Å²) in [5.74, 6) is -12.5. The van der Waals surface area contributed by atoms with Crippen molar-refractivity contribution in [3.8, 4) is 0 Å². The molecule has 0 heterocycles. The first kappa shape index (κ1) is 67.4. The minimum atomic E-state index is -5.03. The monoisotopic (exact) mass is 1080 g/mol. The number of primary amides is 1. The summed E-state index contributed by atoms with van der Waals surface area (Å²) in [7, 11) is 0. The Balaban J connectivity index is 3.82. The number of nitrogens with two attached hydrogens (primary N) is 1. The third-order valence-electron chi connectivity index (χ3n) is 10.5. The number of carbonyl (C=O) groups excluding carboxylic acids is 11. The molecule has 0 fully saturated rings. The molecule has 0 aliphatic rings. The van der Waals surface area contributed by atoms with Gasteiger partial charge in [-0.2, -0.15) is 13.2 Å². The second-order valence-electron chi connectivity index (χ2n) is 23.0. The first-order chi connectivity index (χ1) is 34.5. The lowest BCUT2D eigenvalue weighted by atomic mass is 9.85. The molecule has 1 aromatic carbocycles. The van der Waals surface area contributed by atoms with Crippen molar-refractivity contribution in [2.75, 3.05) is 0 Å². The normalized spacial score (nSPS) is 14.5. The quantitative estimate of drug-likeness (QED) is 0.0397. The SMILES string of the molecule is Cc1ccccc1C[C@H](NC(=O)[C@H](CCC(=O)OC(C)(C)C)NC(=O)[C@H](CC(=O)OC(C)(C)C)NC(=O)CCC(=O)OC(C)(C)C)C(=O)N[C@H](C(=O)N[C@@H](CC(C)C)C(=O)NC(CC(F)(F)F)C(=O)C(N)=O)C(C)(C)C. The predicted molar refractivity (Wildman–Crippen MR) is 271 cm³/mol. The molecular formula is C52H80F3N7O14. The van der Waals surface area contributed by atoms with E-state index >= 15 is 0 Å². The van der Waals surface area contributed by atoms with Crippen molar-refractivity contribution >= 4 is 65.0 Å². The number of nitrogens with one attached hydrogen (secondary N) is 6. The van der Waals surface area contributed by atoms with Gasteiger partial charge >= 0.3 is 24.1 Å². The van der Waals surface area contributed by atoms with Crippen molar-refractivity contribution < 1.29 is 80.1 Å². The lowest BCUT2D eigenvalue weighted by Gasteiger charge is -2.34. The van der Waals surface area contributed by atoms with Gasteiger partial charge in [0.05, 0.1) is 19.3 Å². The molecule has 76 heavy (non-hydrogen) atoms. The standard InChI is InChI=1S/C52H80F3N7O14/c1-28(2)24-32(44(70)61-35(27-52(53,54)55)40(67)42(56)68)60-47(73)41(48(4,5)6)62-46(72)33(25-30-19-17-16-18-29(30)3)59-43(69)31(20-22-37(64)74-49(7,8)9)58-45(71)34(26-39(66)76-51(13,14)15)57-36(63)21-23-38(65)75-50(10,11)12/h16-19,28,31-35,41H,20-27H2,1-15H3,(H2,56,68)(H,57,63)(H,58,71)(H,59,69)(H,60,73)(H,61,70)(H,62,72)/t31-,32-,33-,34-,35?,41+/m0/s1. The topological polar surface area (TPSA) is 314 Å². The number of ether oxygens (including phenoxy) is 3. The Hall–Kier alpha value is -6.62. The zero-order valence-corrected chi connectivity index (χ0v) is 46.4. The Morgan fingerprint density at radius 3 is 1.47 bits per heavy atom. The molecule has 7 amide bonds. The minimum absolute atomic E-state index is 0.192. The summed E-state index contributed by atoms with van der Waals surface area (Å²) in [6.45, 7) is 24.0. The van der Waals surface area contributed by atoms with Gasteiger partial charge in [0, 0.05) is 19.3 Å². The van der Waals surface area contributed by atoms with E-state index in [0.717, 1.165) is 0 Å². The summed E-state index contributed by atoms with van der Waals surface area (Å²) >= 11 is 0. The molecule has 0 aliphatic carbocycles. The maximum absolute atomic E-state index is 14.6. The molecule has 0 bridgehead atoms. The highest BCUT2D eigenvalue weighted by Gasteiger charge is 2.41. The summed E-state index contributed by atoms with van der Waals surface area (Å²) in [5, 5.41) is 14.4. The van der Waals surface area contributed by atoms with Gasteiger partial charge in [-0.05, 0) is 105 Å². The van der Waals surface area contributed by atoms with Crippen LogP contribution in [0, 0.1) is 18.3 Å². The van der Waals surface area contributed by atoms with Crippen molar-refractivity contribution in [2.45, 2.75) is 214 Å². The summed E-state index contributed by atoms with van der Waals surface area (Å²) < 4.78 is 56.5. The van der Waals surface area contributed by atoms with Crippen molar-refractivity contribution in [1.82, 2.24) is 31.9 Å². The molecule has 428 valence electrons. The fourth-order valence-corrected chi connectivity index (χ4v) is 7.13. The highest BCUT2D eigenvalue weighted by atomic mass is 19.4. The van der Waals surface area contributed by atoms with Crippen LogP contribution in [0.3, 0.4) is 0 Å². The fourth-order valence-electron chi connectivity index (χ4n) is 7.13. The number of alkyl halides is 3. The number of rotatable bonds is 26. The Labute approximate surface area is 442 Å². The first-order valence-corrected chi connectivity index (χ1v) is 24.9. The molecule has 6 atom stereocenters. The van der Waals surface area contributed by atoms with Crippen LogP contribution in [-0.2, 0) is 73.4 Å². The van der Waals surface area contributed by atoms with E-state index < -0.39 is 174 Å². The van der Waals surface area contributed by atoms with E-state index in [9.17, 15) is 65.9 Å². The fraction of sp³-hybridized carbons (Fsp3) is 0.673. The molecule has 0 aliphatic heterocycles. The summed E-state index contributed by atoms with van der Waals surface area (Å²) in [6, 6.07) is -3.78. The van der Waals surface area contributed by atoms with E-state index in [0.29, 0.717) is 11.1 Å². The number of aryl methyl sites for hydroxylation is 1. The van der Waals surface area contributed by atoms with Crippen molar-refractivity contribution in [3.63, 3.8) is 0 Å². The molecule has 1 aromatic rings. The van der Waals surface area contributed by atoms with Crippen molar-refractivity contribution in [1.29, 1.82) is 0 Å². The highest BCUT2D eigenvalue weighted by molar-refractivity contribution is 6.37. The second kappa shape index (κ2) is 28.5. The molecule has 24 heteroatoms. The first-order valence-electron chi connectivity index (χ1n) is 24.9. The predicted octanol–water partition coefficient (Wildman–Crippen LogP) is 3.52. The Morgan fingerprint density at radius 1 is 0.539 bits per heavy atom. The molecule has 1 unspecified atom stereocenters. The number of Topliss-reactive ketones (excluding diaryl/α,β-unsaturated/α-hetero) is 1. The van der Waals surface area contributed by atoms with Crippen LogP contribution in [-0.4, -0.2) is 124 Å². The van der Waals surface area contributed by atoms with Gasteiger partial charge in [0.15, 0.2) is 0 Å². The van der Waals surface area contributed by atoms with Crippen LogP contribution in [0.25, 0.3) is 0 Å². The van der Waals surface area contributed by atoms with Gasteiger partial charge in [-0.15, -0.1) is 0 Å². The minimum Gasteiger partial charge on any atom is -0.460 e. The Kier molecular flexibility index (Phi) is 25.3. The zero-order valence-electron chi connectivity index (χ0n) is 46.4. The number of halogens is 3. The average Bonchev–Trinajstić information content (AvgIpc) is 3.22. The van der Waals surface area contributed by atoms with Gasteiger partial charge in [0.2, 0.25) is 41.2 Å². The van der Waals surface area contributed by atoms with Gasteiger partial charge in [0.1, 0.15) is 53.1 Å². The van der Waals surface area contributed by atoms with E-state index in [1.807, 2.05) is 5.32 Å². The van der Waals surface area contributed by atoms with E-state index in [1.54, 1.807) is 128 Å². The molecule has 0 saturated heterocycles. The van der Waals surface area contributed by atoms with Crippen LogP contribution in [0.15, 0.2) is 24.3 Å². The molecule has 1 rings (SSSR count). The van der Waals surface area contributed by atoms with Gasteiger partial charge in [0.25, 0.3) is 5.91 Å². The van der Waals surface area contributed by atoms with Crippen molar-refractivity contribution in [3.05, 3.63) is 35.4 Å². The molecular weight excluding hydrogens is 1000 g/mol. The summed E-state index contributed by atoms with van der Waals surface area (Å²) in [6.07, 6.45) is -9.95. The van der Waals surface area contributed by atoms with Gasteiger partial charge < -0.3 is 51.8 Å². The van der Waals surface area contributed by atoms with Gasteiger partial charge in [-0.3, -0.25) is 52.7 Å². The van der Waals surface area contributed by atoms with Crippen LogP contribution >= 0.6 is 0 Å². The van der Waals surface area contributed by atoms with Gasteiger partial charge in [-0.1, -0.05) is 58.9 Å². The largest absolute Gasteiger partial charge is 0.460 e. The van der Waals surface area contributed by atoms with E-state index in [-0.39, 0.29) is 12.8 Å². The molecule has 0 radical (unpaired) electrons. The number of hydrogen-bond donors (Lipinski definition) is 7. The Morgan fingerprint density at radius 2 is 0.987 bits per heavy atom. The molecule has 0 spiro atoms. The number of ketones is 1. The zero-order chi connectivity index (χ0) is 58.9. The smallest absolute Gasteiger partial charge is 0.391 e. The molecule has 21 nitrogen and oxygen atoms in total. The van der Waals surface area contributed by atoms with Crippen molar-refractivity contribution in [2.24, 2.45) is 17.1 Å². The van der Waals surface area contributed by atoms with E-state index in [2.05, 4.69) is 26.6 Å². The number of carbonyl (C=O) groups is 11. The van der Waals surface area contributed by atoms with Crippen LogP contribution in [0.2, 0.25) is 0 Å².